The monoisotopic (exact) mass is 370 g/mol. The smallest absolute Gasteiger partial charge is 0.287 e. The first-order valence-electron chi connectivity index (χ1n) is 8.35. The highest BCUT2D eigenvalue weighted by Crippen LogP contribution is 2.29. The average molecular weight is 370 g/mol. The van der Waals surface area contributed by atoms with Crippen molar-refractivity contribution in [3.8, 4) is 11.5 Å². The number of hydrogen-bond donors (Lipinski definition) is 0. The Labute approximate surface area is 156 Å². The first kappa shape index (κ1) is 18.2. The zero-order chi connectivity index (χ0) is 18.8. The molecule has 3 rings (SSSR count). The van der Waals surface area contributed by atoms with Crippen LogP contribution in [0.25, 0.3) is 10.2 Å². The first-order chi connectivity index (χ1) is 12.5. The number of benzene rings is 2. The minimum absolute atomic E-state index is 0.331. The second-order valence-electron chi connectivity index (χ2n) is 6.28. The summed E-state index contributed by atoms with van der Waals surface area (Å²) in [4.78, 5) is 17.8. The van der Waals surface area contributed by atoms with Crippen molar-refractivity contribution in [3.63, 3.8) is 0 Å². The lowest BCUT2D eigenvalue weighted by Crippen LogP contribution is -2.14. The topological polar surface area (TPSA) is 52.8 Å². The largest absolute Gasteiger partial charge is 0.496 e. The standard InChI is InChI=1S/C20H22N2O3S/c1-12(2)13-9-10-14-17(11-13)26-20(22(14)3)21-19(23)18-15(24-4)7-6-8-16(18)25-5/h6-12H,1-5H3. The minimum Gasteiger partial charge on any atom is -0.496 e. The maximum absolute atomic E-state index is 12.8. The van der Waals surface area contributed by atoms with E-state index >= 15 is 0 Å². The molecule has 0 saturated carbocycles. The van der Waals surface area contributed by atoms with E-state index in [1.165, 1.54) is 31.1 Å². The van der Waals surface area contributed by atoms with Gasteiger partial charge >= 0.3 is 0 Å². The molecule has 2 aromatic carbocycles. The third-order valence-electron chi connectivity index (χ3n) is 4.34. The number of methoxy groups -OCH3 is 2. The van der Waals surface area contributed by atoms with Gasteiger partial charge in [-0.3, -0.25) is 4.79 Å². The van der Waals surface area contributed by atoms with Crippen LogP contribution < -0.4 is 14.3 Å². The van der Waals surface area contributed by atoms with Gasteiger partial charge < -0.3 is 14.0 Å². The van der Waals surface area contributed by atoms with Crippen LogP contribution in [0.15, 0.2) is 41.4 Å². The molecule has 0 spiro atoms. The van der Waals surface area contributed by atoms with Crippen LogP contribution in [-0.4, -0.2) is 24.7 Å². The quantitative estimate of drug-likeness (QED) is 0.694. The third kappa shape index (κ3) is 3.24. The number of thiazole rings is 1. The van der Waals surface area contributed by atoms with Crippen molar-refractivity contribution in [3.05, 3.63) is 52.3 Å². The molecule has 0 bridgehead atoms. The van der Waals surface area contributed by atoms with Gasteiger partial charge in [0.25, 0.3) is 5.91 Å². The molecule has 6 heteroatoms. The van der Waals surface area contributed by atoms with E-state index in [-0.39, 0.29) is 5.91 Å². The molecule has 1 aromatic heterocycles. The van der Waals surface area contributed by atoms with Gasteiger partial charge in [-0.05, 0) is 35.7 Å². The number of carbonyl (C=O) groups excluding carboxylic acids is 1. The number of nitrogens with zero attached hydrogens (tertiary/aromatic N) is 2. The molecule has 0 aliphatic carbocycles. The number of hydrogen-bond acceptors (Lipinski definition) is 4. The van der Waals surface area contributed by atoms with Gasteiger partial charge in [0.15, 0.2) is 4.80 Å². The van der Waals surface area contributed by atoms with Crippen LogP contribution in [0.3, 0.4) is 0 Å². The van der Waals surface area contributed by atoms with E-state index in [4.69, 9.17) is 9.47 Å². The molecule has 0 radical (unpaired) electrons. The van der Waals surface area contributed by atoms with Crippen LogP contribution in [0.2, 0.25) is 0 Å². The van der Waals surface area contributed by atoms with Gasteiger partial charge in [-0.15, -0.1) is 0 Å². The maximum atomic E-state index is 12.8. The molecule has 0 N–H and O–H groups in total. The Bertz CT molecular complexity index is 1010. The van der Waals surface area contributed by atoms with E-state index in [0.717, 1.165) is 10.2 Å². The van der Waals surface area contributed by atoms with Crippen molar-refractivity contribution in [1.29, 1.82) is 0 Å². The summed E-state index contributed by atoms with van der Waals surface area (Å²) in [6.45, 7) is 4.33. The number of aromatic nitrogens is 1. The fourth-order valence-corrected chi connectivity index (χ4v) is 3.89. The zero-order valence-electron chi connectivity index (χ0n) is 15.6. The molecule has 0 saturated heterocycles. The lowest BCUT2D eigenvalue weighted by molar-refractivity contribution is 0.0992. The number of fused-ring (bicyclic) bond motifs is 1. The highest BCUT2D eigenvalue weighted by molar-refractivity contribution is 7.16. The van der Waals surface area contributed by atoms with Crippen molar-refractivity contribution in [2.75, 3.05) is 14.2 Å². The van der Waals surface area contributed by atoms with E-state index in [9.17, 15) is 4.79 Å². The fourth-order valence-electron chi connectivity index (χ4n) is 2.82. The van der Waals surface area contributed by atoms with Crippen molar-refractivity contribution < 1.29 is 14.3 Å². The van der Waals surface area contributed by atoms with Crippen LogP contribution in [0.1, 0.15) is 35.7 Å². The molecule has 0 fully saturated rings. The van der Waals surface area contributed by atoms with Crippen LogP contribution in [0.5, 0.6) is 11.5 Å². The van der Waals surface area contributed by atoms with E-state index in [1.54, 1.807) is 18.2 Å². The van der Waals surface area contributed by atoms with Gasteiger partial charge in [-0.1, -0.05) is 37.3 Å². The summed E-state index contributed by atoms with van der Waals surface area (Å²) in [5, 5.41) is 0. The number of carbonyl (C=O) groups is 1. The molecule has 0 atom stereocenters. The molecule has 1 amide bonds. The summed E-state index contributed by atoms with van der Waals surface area (Å²) in [5.41, 5.74) is 2.65. The van der Waals surface area contributed by atoms with Crippen molar-refractivity contribution >= 4 is 27.5 Å². The Morgan fingerprint density at radius 2 is 1.77 bits per heavy atom. The van der Waals surface area contributed by atoms with E-state index in [2.05, 4.69) is 37.0 Å². The second-order valence-corrected chi connectivity index (χ2v) is 7.29. The Kier molecular flexibility index (Phi) is 5.13. The predicted octanol–water partition coefficient (Wildman–Crippen LogP) is 4.12. The number of rotatable bonds is 4. The molecular formula is C20H22N2O3S. The fraction of sp³-hybridized carbons (Fsp3) is 0.300. The molecule has 3 aromatic rings. The summed E-state index contributed by atoms with van der Waals surface area (Å²) in [6.07, 6.45) is 0. The van der Waals surface area contributed by atoms with Gasteiger partial charge in [-0.25, -0.2) is 0 Å². The predicted molar refractivity (Wildman–Crippen MR) is 104 cm³/mol. The number of aryl methyl sites for hydroxylation is 1. The van der Waals surface area contributed by atoms with Crippen molar-refractivity contribution in [2.45, 2.75) is 19.8 Å². The average Bonchev–Trinajstić information content (AvgIpc) is 2.95. The highest BCUT2D eigenvalue weighted by Gasteiger charge is 2.18. The van der Waals surface area contributed by atoms with Gasteiger partial charge in [0.1, 0.15) is 17.1 Å². The van der Waals surface area contributed by atoms with E-state index in [0.29, 0.717) is 27.8 Å². The Morgan fingerprint density at radius 1 is 1.12 bits per heavy atom. The molecule has 5 nitrogen and oxygen atoms in total. The summed E-state index contributed by atoms with van der Waals surface area (Å²) in [5.74, 6) is 0.963. The van der Waals surface area contributed by atoms with Crippen molar-refractivity contribution in [1.82, 2.24) is 4.57 Å². The Morgan fingerprint density at radius 3 is 2.35 bits per heavy atom. The molecule has 1 heterocycles. The third-order valence-corrected chi connectivity index (χ3v) is 5.43. The van der Waals surface area contributed by atoms with E-state index < -0.39 is 0 Å². The Hall–Kier alpha value is -2.60. The van der Waals surface area contributed by atoms with Gasteiger partial charge in [0, 0.05) is 7.05 Å². The van der Waals surface area contributed by atoms with Gasteiger partial charge in [-0.2, -0.15) is 4.99 Å². The van der Waals surface area contributed by atoms with Crippen LogP contribution in [0, 0.1) is 0 Å². The normalized spacial score (nSPS) is 12.0. The van der Waals surface area contributed by atoms with Gasteiger partial charge in [0.2, 0.25) is 0 Å². The lowest BCUT2D eigenvalue weighted by atomic mass is 10.0. The first-order valence-corrected chi connectivity index (χ1v) is 9.17. The minimum atomic E-state index is -0.384. The molecule has 0 aliphatic rings. The molecule has 136 valence electrons. The maximum Gasteiger partial charge on any atom is 0.287 e. The number of amides is 1. The summed E-state index contributed by atoms with van der Waals surface area (Å²) >= 11 is 1.50. The van der Waals surface area contributed by atoms with Crippen LogP contribution >= 0.6 is 11.3 Å². The Balaban J connectivity index is 2.13. The van der Waals surface area contributed by atoms with Gasteiger partial charge in [0.05, 0.1) is 24.4 Å². The molecule has 0 unspecified atom stereocenters. The summed E-state index contributed by atoms with van der Waals surface area (Å²) < 4.78 is 13.7. The van der Waals surface area contributed by atoms with Crippen LogP contribution in [0.4, 0.5) is 0 Å². The SMILES string of the molecule is COc1cccc(OC)c1C(=O)N=c1sc2cc(C(C)C)ccc2n1C. The highest BCUT2D eigenvalue weighted by atomic mass is 32.1. The van der Waals surface area contributed by atoms with Crippen LogP contribution in [-0.2, 0) is 7.05 Å². The number of ether oxygens (including phenoxy) is 2. The second kappa shape index (κ2) is 7.33. The molecule has 26 heavy (non-hydrogen) atoms. The lowest BCUT2D eigenvalue weighted by Gasteiger charge is -2.09. The van der Waals surface area contributed by atoms with E-state index in [1.807, 2.05) is 11.6 Å². The summed E-state index contributed by atoms with van der Waals surface area (Å²) in [6, 6.07) is 11.6. The molecular weight excluding hydrogens is 348 g/mol. The molecule has 0 aliphatic heterocycles. The van der Waals surface area contributed by atoms with Crippen molar-refractivity contribution in [2.24, 2.45) is 12.0 Å². The zero-order valence-corrected chi connectivity index (χ0v) is 16.4. The summed E-state index contributed by atoms with van der Waals surface area (Å²) in [7, 11) is 4.97.